The maximum absolute atomic E-state index is 10.2. The first-order chi connectivity index (χ1) is 9.40. The fraction of sp³-hybridized carbons (Fsp3) is 1.00. The summed E-state index contributed by atoms with van der Waals surface area (Å²) < 4.78 is 11.9. The van der Waals surface area contributed by atoms with Crippen molar-refractivity contribution in [1.29, 1.82) is 0 Å². The Morgan fingerprint density at radius 1 is 1.20 bits per heavy atom. The van der Waals surface area contributed by atoms with Crippen molar-refractivity contribution in [2.24, 2.45) is 17.6 Å². The molecule has 0 aromatic heterocycles. The molecule has 1 saturated carbocycles. The Kier molecular flexibility index (Phi) is 5.42. The highest BCUT2D eigenvalue weighted by Crippen LogP contribution is 2.31. The molecule has 20 heavy (non-hydrogen) atoms. The van der Waals surface area contributed by atoms with Crippen molar-refractivity contribution < 1.29 is 19.7 Å². The van der Waals surface area contributed by atoms with Crippen molar-refractivity contribution in [3.05, 3.63) is 0 Å². The number of hydrogen-bond donors (Lipinski definition) is 3. The second-order valence-electron chi connectivity index (χ2n) is 6.74. The maximum atomic E-state index is 10.2. The minimum Gasteiger partial charge on any atom is -0.389 e. The Hall–Kier alpha value is -0.200. The van der Waals surface area contributed by atoms with Crippen molar-refractivity contribution in [2.45, 2.75) is 83.2 Å². The average Bonchev–Trinajstić information content (AvgIpc) is 2.41. The SMILES string of the molecule is CC(C)C1CCCC(OC2C(C)CC(N)C(O)C2O)O1. The van der Waals surface area contributed by atoms with Gasteiger partial charge in [-0.3, -0.25) is 0 Å². The first-order valence-electron chi connectivity index (χ1n) is 7.82. The van der Waals surface area contributed by atoms with E-state index in [1.165, 1.54) is 0 Å². The van der Waals surface area contributed by atoms with Crippen LogP contribution in [-0.4, -0.2) is 47.0 Å². The van der Waals surface area contributed by atoms with Crippen LogP contribution in [0.1, 0.15) is 46.5 Å². The molecule has 1 saturated heterocycles. The normalized spacial score (nSPS) is 46.6. The summed E-state index contributed by atoms with van der Waals surface area (Å²) in [6.07, 6.45) is 1.33. The fourth-order valence-corrected chi connectivity index (χ4v) is 3.28. The van der Waals surface area contributed by atoms with E-state index in [0.29, 0.717) is 12.3 Å². The van der Waals surface area contributed by atoms with Gasteiger partial charge in [-0.2, -0.15) is 0 Å². The Bertz CT molecular complexity index is 312. The number of aliphatic hydroxyl groups excluding tert-OH is 2. The molecule has 2 aliphatic rings. The van der Waals surface area contributed by atoms with Crippen LogP contribution in [0.25, 0.3) is 0 Å². The Balaban J connectivity index is 1.94. The largest absolute Gasteiger partial charge is 0.389 e. The number of rotatable bonds is 3. The second-order valence-corrected chi connectivity index (χ2v) is 6.74. The number of ether oxygens (including phenoxy) is 2. The van der Waals surface area contributed by atoms with E-state index in [9.17, 15) is 10.2 Å². The molecule has 0 aromatic carbocycles. The molecule has 118 valence electrons. The van der Waals surface area contributed by atoms with E-state index in [1.54, 1.807) is 0 Å². The van der Waals surface area contributed by atoms with Crippen LogP contribution in [0.4, 0.5) is 0 Å². The molecule has 0 bridgehead atoms. The monoisotopic (exact) mass is 287 g/mol. The van der Waals surface area contributed by atoms with E-state index in [0.717, 1.165) is 19.3 Å². The molecule has 2 rings (SSSR count). The van der Waals surface area contributed by atoms with Crippen LogP contribution in [0.2, 0.25) is 0 Å². The van der Waals surface area contributed by atoms with Crippen LogP contribution in [0.3, 0.4) is 0 Å². The number of nitrogens with two attached hydrogens (primary N) is 1. The lowest BCUT2D eigenvalue weighted by Crippen LogP contribution is -2.57. The molecule has 0 aromatic rings. The molecule has 1 aliphatic carbocycles. The summed E-state index contributed by atoms with van der Waals surface area (Å²) >= 11 is 0. The van der Waals surface area contributed by atoms with Crippen LogP contribution in [0.15, 0.2) is 0 Å². The van der Waals surface area contributed by atoms with Gasteiger partial charge in [0.05, 0.1) is 18.3 Å². The highest BCUT2D eigenvalue weighted by Gasteiger charge is 2.42. The topological polar surface area (TPSA) is 84.9 Å². The van der Waals surface area contributed by atoms with Crippen LogP contribution in [-0.2, 0) is 9.47 Å². The smallest absolute Gasteiger partial charge is 0.158 e. The summed E-state index contributed by atoms with van der Waals surface area (Å²) in [6.45, 7) is 6.30. The van der Waals surface area contributed by atoms with Crippen molar-refractivity contribution in [3.63, 3.8) is 0 Å². The van der Waals surface area contributed by atoms with E-state index in [-0.39, 0.29) is 24.4 Å². The predicted molar refractivity (Wildman–Crippen MR) is 76.0 cm³/mol. The molecule has 5 nitrogen and oxygen atoms in total. The van der Waals surface area contributed by atoms with Gasteiger partial charge in [-0.05, 0) is 37.5 Å². The van der Waals surface area contributed by atoms with E-state index in [4.69, 9.17) is 15.2 Å². The zero-order chi connectivity index (χ0) is 14.9. The van der Waals surface area contributed by atoms with Gasteiger partial charge in [0, 0.05) is 6.04 Å². The Labute approximate surface area is 121 Å². The molecule has 4 N–H and O–H groups in total. The molecular formula is C15H29NO4. The molecular weight excluding hydrogens is 258 g/mol. The molecule has 0 spiro atoms. The van der Waals surface area contributed by atoms with Crippen LogP contribution in [0, 0.1) is 11.8 Å². The van der Waals surface area contributed by atoms with E-state index < -0.39 is 18.3 Å². The van der Waals surface area contributed by atoms with E-state index in [2.05, 4.69) is 13.8 Å². The third-order valence-electron chi connectivity index (χ3n) is 4.64. The minimum absolute atomic E-state index is 0.117. The molecule has 2 fully saturated rings. The van der Waals surface area contributed by atoms with Crippen molar-refractivity contribution in [2.75, 3.05) is 0 Å². The maximum Gasteiger partial charge on any atom is 0.158 e. The van der Waals surface area contributed by atoms with Gasteiger partial charge in [0.1, 0.15) is 6.10 Å². The summed E-state index contributed by atoms with van der Waals surface area (Å²) in [4.78, 5) is 0. The minimum atomic E-state index is -0.934. The van der Waals surface area contributed by atoms with Gasteiger partial charge in [0.2, 0.25) is 0 Å². The van der Waals surface area contributed by atoms with Crippen LogP contribution >= 0.6 is 0 Å². The van der Waals surface area contributed by atoms with Crippen molar-refractivity contribution >= 4 is 0 Å². The summed E-state index contributed by atoms with van der Waals surface area (Å²) in [7, 11) is 0. The Morgan fingerprint density at radius 2 is 1.90 bits per heavy atom. The molecule has 1 heterocycles. The first kappa shape index (κ1) is 16.2. The second kappa shape index (κ2) is 6.71. The molecule has 1 aliphatic heterocycles. The third-order valence-corrected chi connectivity index (χ3v) is 4.64. The van der Waals surface area contributed by atoms with Crippen LogP contribution in [0.5, 0.6) is 0 Å². The Morgan fingerprint density at radius 3 is 2.55 bits per heavy atom. The van der Waals surface area contributed by atoms with Crippen LogP contribution < -0.4 is 5.73 Å². The summed E-state index contributed by atoms with van der Waals surface area (Å²) in [5, 5.41) is 20.1. The van der Waals surface area contributed by atoms with Gasteiger partial charge < -0.3 is 25.4 Å². The standard InChI is InChI=1S/C15H29NO4/c1-8(2)11-5-4-6-12(19-11)20-15-9(3)7-10(16)13(17)14(15)18/h8-15,17-18H,4-7,16H2,1-3H3. The highest BCUT2D eigenvalue weighted by molar-refractivity contribution is 4.94. The lowest BCUT2D eigenvalue weighted by molar-refractivity contribution is -0.259. The zero-order valence-corrected chi connectivity index (χ0v) is 12.7. The van der Waals surface area contributed by atoms with Gasteiger partial charge >= 0.3 is 0 Å². The molecule has 0 radical (unpaired) electrons. The van der Waals surface area contributed by atoms with Gasteiger partial charge in [-0.15, -0.1) is 0 Å². The van der Waals surface area contributed by atoms with E-state index >= 15 is 0 Å². The molecule has 5 heteroatoms. The van der Waals surface area contributed by atoms with Gasteiger partial charge in [0.25, 0.3) is 0 Å². The van der Waals surface area contributed by atoms with Crippen molar-refractivity contribution in [3.8, 4) is 0 Å². The molecule has 0 amide bonds. The zero-order valence-electron chi connectivity index (χ0n) is 12.7. The summed E-state index contributed by atoms with van der Waals surface area (Å²) in [6, 6.07) is -0.379. The van der Waals surface area contributed by atoms with Gasteiger partial charge in [-0.25, -0.2) is 0 Å². The first-order valence-corrected chi connectivity index (χ1v) is 7.82. The molecule has 7 atom stereocenters. The fourth-order valence-electron chi connectivity index (χ4n) is 3.28. The number of hydrogen-bond acceptors (Lipinski definition) is 5. The van der Waals surface area contributed by atoms with Crippen molar-refractivity contribution in [1.82, 2.24) is 0 Å². The summed E-state index contributed by atoms with van der Waals surface area (Å²) in [5.74, 6) is 0.584. The van der Waals surface area contributed by atoms with E-state index in [1.807, 2.05) is 6.92 Å². The average molecular weight is 287 g/mol. The third kappa shape index (κ3) is 3.52. The van der Waals surface area contributed by atoms with Gasteiger partial charge in [0.15, 0.2) is 6.29 Å². The summed E-state index contributed by atoms with van der Waals surface area (Å²) in [5.41, 5.74) is 5.82. The quantitative estimate of drug-likeness (QED) is 0.721. The molecule has 7 unspecified atom stereocenters. The highest BCUT2D eigenvalue weighted by atomic mass is 16.7. The lowest BCUT2D eigenvalue weighted by atomic mass is 9.81. The lowest BCUT2D eigenvalue weighted by Gasteiger charge is -2.43. The predicted octanol–water partition coefficient (Wildman–Crippen LogP) is 1.01. The number of aliphatic hydroxyl groups is 2. The van der Waals surface area contributed by atoms with Gasteiger partial charge in [-0.1, -0.05) is 20.8 Å².